The number of halogens is 1. The quantitative estimate of drug-likeness (QED) is 0.608. The van der Waals surface area contributed by atoms with Crippen LogP contribution in [-0.4, -0.2) is 28.0 Å². The maximum absolute atomic E-state index is 13.2. The first-order valence-electron chi connectivity index (χ1n) is 7.97. The van der Waals surface area contributed by atoms with E-state index in [1.807, 2.05) is 10.9 Å². The molecule has 24 heavy (non-hydrogen) atoms. The minimum atomic E-state index is -0.238. The summed E-state index contributed by atoms with van der Waals surface area (Å²) in [5.41, 5.74) is 4.06. The van der Waals surface area contributed by atoms with Crippen molar-refractivity contribution in [3.05, 3.63) is 60.2 Å². The molecule has 0 aliphatic carbocycles. The monoisotopic (exact) mass is 321 g/mol. The van der Waals surface area contributed by atoms with Gasteiger partial charge in [0.2, 0.25) is 0 Å². The Hall–Kier alpha value is -2.66. The summed E-state index contributed by atoms with van der Waals surface area (Å²) >= 11 is 0. The molecule has 4 aromatic rings. The molecule has 5 rings (SSSR count). The molecule has 0 bridgehead atoms. The Morgan fingerprint density at radius 2 is 1.92 bits per heavy atom. The van der Waals surface area contributed by atoms with E-state index >= 15 is 0 Å². The Balaban J connectivity index is 1.68. The van der Waals surface area contributed by atoms with Crippen molar-refractivity contribution in [2.75, 3.05) is 13.2 Å². The van der Waals surface area contributed by atoms with Gasteiger partial charge in [0.1, 0.15) is 5.82 Å². The first kappa shape index (κ1) is 13.7. The van der Waals surface area contributed by atoms with Gasteiger partial charge in [0.25, 0.3) is 0 Å². The van der Waals surface area contributed by atoms with Gasteiger partial charge in [-0.25, -0.2) is 4.39 Å². The number of fused-ring (bicyclic) bond motifs is 2. The normalized spacial score (nSPS) is 16.6. The fourth-order valence-corrected chi connectivity index (χ4v) is 3.31. The van der Waals surface area contributed by atoms with Gasteiger partial charge in [-0.15, -0.1) is 0 Å². The average molecular weight is 321 g/mol. The van der Waals surface area contributed by atoms with Crippen LogP contribution in [0.15, 0.2) is 48.7 Å². The van der Waals surface area contributed by atoms with Crippen LogP contribution in [-0.2, 0) is 10.2 Å². The molecule has 0 saturated carbocycles. The number of nitrogens with zero attached hydrogens (tertiary/aromatic N) is 2. The summed E-state index contributed by atoms with van der Waals surface area (Å²) in [6.45, 7) is 3.64. The van der Waals surface area contributed by atoms with Gasteiger partial charge in [0, 0.05) is 17.0 Å². The Bertz CT molecular complexity index is 1060. The van der Waals surface area contributed by atoms with E-state index in [2.05, 4.69) is 30.2 Å². The Kier molecular flexibility index (Phi) is 2.68. The van der Waals surface area contributed by atoms with Crippen LogP contribution in [0.1, 0.15) is 12.6 Å². The van der Waals surface area contributed by atoms with E-state index in [0.29, 0.717) is 0 Å². The predicted molar refractivity (Wildman–Crippen MR) is 91.1 cm³/mol. The average Bonchev–Trinajstić information content (AvgIpc) is 3.14. The molecule has 1 aliphatic heterocycles. The fourth-order valence-electron chi connectivity index (χ4n) is 3.31. The van der Waals surface area contributed by atoms with Gasteiger partial charge >= 0.3 is 0 Å². The van der Waals surface area contributed by atoms with Crippen molar-refractivity contribution in [1.82, 2.24) is 14.8 Å². The number of H-pyrrole nitrogens is 1. The molecule has 2 aromatic carbocycles. The second-order valence-corrected chi connectivity index (χ2v) is 6.75. The van der Waals surface area contributed by atoms with Crippen LogP contribution in [0.4, 0.5) is 4.39 Å². The van der Waals surface area contributed by atoms with E-state index in [0.717, 1.165) is 46.4 Å². The standard InChI is InChI=1S/C19H16FN3O/c1-19(10-24-11-19)18-8-12-7-17-13(6-16(12)22-18)9-21-23(17)15-4-2-14(20)3-5-15/h2-9,21H,10-11H2,1H3. The molecule has 0 amide bonds. The molecule has 4 nitrogen and oxygen atoms in total. The van der Waals surface area contributed by atoms with Crippen LogP contribution < -0.4 is 0 Å². The first-order chi connectivity index (χ1) is 11.6. The molecule has 3 heterocycles. The molecule has 0 unspecified atom stereocenters. The fraction of sp³-hybridized carbons (Fsp3) is 0.211. The molecule has 1 saturated heterocycles. The topological polar surface area (TPSA) is 42.8 Å². The van der Waals surface area contributed by atoms with Gasteiger partial charge in [-0.2, -0.15) is 0 Å². The van der Waals surface area contributed by atoms with Crippen molar-refractivity contribution in [2.24, 2.45) is 0 Å². The highest BCUT2D eigenvalue weighted by Gasteiger charge is 2.37. The minimum Gasteiger partial charge on any atom is -0.379 e. The zero-order chi connectivity index (χ0) is 16.3. The number of ether oxygens (including phenoxy) is 1. The molecule has 120 valence electrons. The minimum absolute atomic E-state index is 0.0298. The van der Waals surface area contributed by atoms with Crippen molar-refractivity contribution < 1.29 is 9.13 Å². The van der Waals surface area contributed by atoms with Gasteiger partial charge in [0.05, 0.1) is 41.0 Å². The second-order valence-electron chi connectivity index (χ2n) is 6.75. The largest absolute Gasteiger partial charge is 0.379 e. The van der Waals surface area contributed by atoms with Crippen molar-refractivity contribution in [3.8, 4) is 5.69 Å². The van der Waals surface area contributed by atoms with Crippen LogP contribution in [0.2, 0.25) is 0 Å². The molecule has 0 spiro atoms. The first-order valence-corrected chi connectivity index (χ1v) is 7.97. The SMILES string of the molecule is CC1(c2cc3cc4c(c[nH]n4-c4ccc(F)cc4)cc3n2)COC1. The summed E-state index contributed by atoms with van der Waals surface area (Å²) in [7, 11) is 0. The van der Waals surface area contributed by atoms with Crippen LogP contribution in [0.5, 0.6) is 0 Å². The molecule has 0 radical (unpaired) electrons. The molecule has 0 atom stereocenters. The lowest BCUT2D eigenvalue weighted by Crippen LogP contribution is -2.44. The van der Waals surface area contributed by atoms with E-state index < -0.39 is 0 Å². The summed E-state index contributed by atoms with van der Waals surface area (Å²) in [5.74, 6) is -0.238. The highest BCUT2D eigenvalue weighted by atomic mass is 19.1. The zero-order valence-electron chi connectivity index (χ0n) is 13.2. The van der Waals surface area contributed by atoms with Gasteiger partial charge in [-0.3, -0.25) is 9.67 Å². The highest BCUT2D eigenvalue weighted by molar-refractivity contribution is 5.96. The van der Waals surface area contributed by atoms with Gasteiger partial charge in [-0.1, -0.05) is 0 Å². The Morgan fingerprint density at radius 1 is 1.12 bits per heavy atom. The van der Waals surface area contributed by atoms with E-state index in [9.17, 15) is 4.39 Å². The maximum atomic E-state index is 13.2. The number of hydrogen-bond donors (Lipinski definition) is 1. The van der Waals surface area contributed by atoms with E-state index in [-0.39, 0.29) is 11.2 Å². The molecule has 2 aromatic heterocycles. The third-order valence-electron chi connectivity index (χ3n) is 4.84. The second kappa shape index (κ2) is 4.68. The lowest BCUT2D eigenvalue weighted by Gasteiger charge is -2.36. The number of hydrogen-bond acceptors (Lipinski definition) is 2. The van der Waals surface area contributed by atoms with E-state index in [1.54, 1.807) is 12.1 Å². The van der Waals surface area contributed by atoms with E-state index in [4.69, 9.17) is 9.72 Å². The lowest BCUT2D eigenvalue weighted by molar-refractivity contribution is -0.0517. The maximum Gasteiger partial charge on any atom is 0.123 e. The van der Waals surface area contributed by atoms with Crippen LogP contribution in [0.3, 0.4) is 0 Å². The summed E-state index contributed by atoms with van der Waals surface area (Å²) in [5, 5.41) is 5.42. The molecule has 1 fully saturated rings. The lowest BCUT2D eigenvalue weighted by atomic mass is 9.85. The van der Waals surface area contributed by atoms with Crippen molar-refractivity contribution >= 4 is 21.8 Å². The summed E-state index contributed by atoms with van der Waals surface area (Å²) in [6, 6.07) is 12.8. The molecule has 5 heteroatoms. The van der Waals surface area contributed by atoms with Gasteiger partial charge in [-0.05, 0) is 49.4 Å². The number of aromatic amines is 1. The highest BCUT2D eigenvalue weighted by Crippen LogP contribution is 2.34. The van der Waals surface area contributed by atoms with Crippen LogP contribution in [0.25, 0.3) is 27.5 Å². The summed E-state index contributed by atoms with van der Waals surface area (Å²) in [6.07, 6.45) is 1.95. The van der Waals surface area contributed by atoms with Crippen LogP contribution >= 0.6 is 0 Å². The van der Waals surface area contributed by atoms with Crippen molar-refractivity contribution in [1.29, 1.82) is 0 Å². The number of nitrogens with one attached hydrogen (secondary N) is 1. The predicted octanol–water partition coefficient (Wildman–Crippen LogP) is 3.93. The smallest absolute Gasteiger partial charge is 0.123 e. The third kappa shape index (κ3) is 1.91. The number of rotatable bonds is 2. The van der Waals surface area contributed by atoms with Crippen molar-refractivity contribution in [3.63, 3.8) is 0 Å². The summed E-state index contributed by atoms with van der Waals surface area (Å²) in [4.78, 5) is 4.80. The molecular formula is C19H16FN3O. The van der Waals surface area contributed by atoms with Crippen LogP contribution in [0, 0.1) is 5.82 Å². The zero-order valence-corrected chi connectivity index (χ0v) is 13.2. The molecule has 1 aliphatic rings. The third-order valence-corrected chi connectivity index (χ3v) is 4.84. The number of aromatic nitrogens is 3. The Labute approximate surface area is 137 Å². The summed E-state index contributed by atoms with van der Waals surface area (Å²) < 4.78 is 20.5. The van der Waals surface area contributed by atoms with Gasteiger partial charge < -0.3 is 9.84 Å². The molecule has 1 N–H and O–H groups in total. The van der Waals surface area contributed by atoms with Crippen molar-refractivity contribution in [2.45, 2.75) is 12.3 Å². The molecular weight excluding hydrogens is 305 g/mol. The van der Waals surface area contributed by atoms with Gasteiger partial charge in [0.15, 0.2) is 0 Å². The number of benzene rings is 2. The Morgan fingerprint density at radius 3 is 2.62 bits per heavy atom. The van der Waals surface area contributed by atoms with E-state index in [1.165, 1.54) is 12.1 Å².